The first kappa shape index (κ1) is 29.1. The Morgan fingerprint density at radius 1 is 1.02 bits per heavy atom. The van der Waals surface area contributed by atoms with Crippen molar-refractivity contribution < 1.29 is 24.4 Å². The van der Waals surface area contributed by atoms with Gasteiger partial charge in [0.2, 0.25) is 5.72 Å². The van der Waals surface area contributed by atoms with Gasteiger partial charge in [-0.05, 0) is 59.2 Å². The van der Waals surface area contributed by atoms with Crippen molar-refractivity contribution in [2.45, 2.75) is 89.1 Å². The normalized spacial score (nSPS) is 23.6. The summed E-state index contributed by atoms with van der Waals surface area (Å²) in [6.45, 7) is 11.9. The van der Waals surface area contributed by atoms with E-state index in [4.69, 9.17) is 14.5 Å². The highest BCUT2D eigenvalue weighted by Gasteiger charge is 2.60. The van der Waals surface area contributed by atoms with Gasteiger partial charge in [0.05, 0.1) is 34.4 Å². The number of carbonyl (C=O) groups is 1. The summed E-state index contributed by atoms with van der Waals surface area (Å²) in [7, 11) is 0. The number of hydrogen-bond acceptors (Lipinski definition) is 8. The van der Waals surface area contributed by atoms with Gasteiger partial charge in [-0.25, -0.2) is 0 Å². The Labute approximate surface area is 251 Å². The lowest BCUT2D eigenvalue weighted by Crippen LogP contribution is -2.62. The van der Waals surface area contributed by atoms with Crippen LogP contribution in [0.15, 0.2) is 59.6 Å². The van der Waals surface area contributed by atoms with E-state index in [2.05, 4.69) is 13.8 Å². The number of nitro benzene ring substituents is 1. The van der Waals surface area contributed by atoms with E-state index in [1.165, 1.54) is 6.07 Å². The number of hydrogen-bond donors (Lipinski definition) is 0. The Bertz CT molecular complexity index is 1650. The Morgan fingerprint density at radius 3 is 2.33 bits per heavy atom. The van der Waals surface area contributed by atoms with Gasteiger partial charge >= 0.3 is 5.97 Å². The van der Waals surface area contributed by atoms with Crippen LogP contribution in [0.3, 0.4) is 0 Å². The molecule has 1 atom stereocenters. The Hall–Kier alpha value is -4.02. The number of para-hydroxylation sites is 1. The van der Waals surface area contributed by atoms with Crippen molar-refractivity contribution in [2.24, 2.45) is 4.99 Å². The number of hydroxylamine groups is 2. The maximum absolute atomic E-state index is 13.3. The van der Waals surface area contributed by atoms with E-state index in [0.29, 0.717) is 35.1 Å². The highest BCUT2D eigenvalue weighted by molar-refractivity contribution is 6.04. The second kappa shape index (κ2) is 9.75. The molecule has 3 aromatic carbocycles. The molecule has 3 heterocycles. The lowest BCUT2D eigenvalue weighted by atomic mass is 9.77. The number of benzene rings is 3. The summed E-state index contributed by atoms with van der Waals surface area (Å²) in [4.78, 5) is 31.8. The zero-order valence-electron chi connectivity index (χ0n) is 25.4. The van der Waals surface area contributed by atoms with Crippen molar-refractivity contribution in [3.63, 3.8) is 0 Å². The molecule has 43 heavy (non-hydrogen) atoms. The molecular weight excluding hydrogens is 548 g/mol. The number of carbonyl (C=O) groups excluding carboxylic acids is 1. The largest absolute Gasteiger partial charge is 0.462 e. The number of nitrogens with zero attached hydrogens (tertiary/aromatic N) is 4. The maximum Gasteiger partial charge on any atom is 0.307 e. The molecule has 0 amide bonds. The van der Waals surface area contributed by atoms with Crippen molar-refractivity contribution in [2.75, 3.05) is 11.4 Å². The molecule has 0 saturated carbocycles. The van der Waals surface area contributed by atoms with E-state index in [-0.39, 0.29) is 30.7 Å². The van der Waals surface area contributed by atoms with Crippen LogP contribution in [0.5, 0.6) is 5.75 Å². The van der Waals surface area contributed by atoms with Gasteiger partial charge in [0.1, 0.15) is 11.8 Å². The molecule has 1 radical (unpaired) electrons. The highest BCUT2D eigenvalue weighted by atomic mass is 16.6. The van der Waals surface area contributed by atoms with Crippen LogP contribution >= 0.6 is 0 Å². The zero-order chi connectivity index (χ0) is 30.9. The third-order valence-electron chi connectivity index (χ3n) is 9.35. The third-order valence-corrected chi connectivity index (χ3v) is 9.35. The van der Waals surface area contributed by atoms with Crippen LogP contribution in [0.2, 0.25) is 0 Å². The molecule has 1 spiro atoms. The molecule has 3 aliphatic heterocycles. The molecule has 10 nitrogen and oxygen atoms in total. The monoisotopic (exact) mass is 585 g/mol. The Morgan fingerprint density at radius 2 is 1.65 bits per heavy atom. The number of fused-ring (bicyclic) bond motifs is 4. The van der Waals surface area contributed by atoms with Crippen LogP contribution < -0.4 is 9.64 Å². The molecule has 6 rings (SSSR count). The fraction of sp³-hybridized carbons (Fsp3) is 0.455. The quantitative estimate of drug-likeness (QED) is 0.187. The molecule has 10 heteroatoms. The van der Waals surface area contributed by atoms with Crippen molar-refractivity contribution in [1.82, 2.24) is 5.06 Å². The van der Waals surface area contributed by atoms with E-state index in [1.807, 2.05) is 69.0 Å². The fourth-order valence-electron chi connectivity index (χ4n) is 7.37. The van der Waals surface area contributed by atoms with E-state index in [1.54, 1.807) is 18.3 Å². The van der Waals surface area contributed by atoms with Gasteiger partial charge in [0.15, 0.2) is 5.75 Å². The Balaban J connectivity index is 1.33. The van der Waals surface area contributed by atoms with Gasteiger partial charge in [-0.1, -0.05) is 36.4 Å². The average Bonchev–Trinajstić information content (AvgIpc) is 3.12. The highest BCUT2D eigenvalue weighted by Crippen LogP contribution is 2.55. The number of non-ortho nitro benzene ring substituents is 1. The van der Waals surface area contributed by atoms with Gasteiger partial charge in [0, 0.05) is 41.5 Å². The second-order valence-electron chi connectivity index (χ2n) is 13.6. The van der Waals surface area contributed by atoms with Crippen LogP contribution in [0.25, 0.3) is 10.8 Å². The molecule has 1 fully saturated rings. The molecule has 3 aromatic rings. The minimum atomic E-state index is -1.15. The smallest absolute Gasteiger partial charge is 0.307 e. The van der Waals surface area contributed by atoms with Crippen LogP contribution in [-0.2, 0) is 20.2 Å². The van der Waals surface area contributed by atoms with Crippen molar-refractivity contribution in [3.05, 3.63) is 70.3 Å². The zero-order valence-corrected chi connectivity index (χ0v) is 25.4. The first-order chi connectivity index (χ1) is 20.2. The van der Waals surface area contributed by atoms with E-state index < -0.39 is 27.1 Å². The molecule has 3 aliphatic rings. The second-order valence-corrected chi connectivity index (χ2v) is 13.6. The van der Waals surface area contributed by atoms with Crippen molar-refractivity contribution in [3.8, 4) is 5.75 Å². The van der Waals surface area contributed by atoms with E-state index in [9.17, 15) is 20.1 Å². The van der Waals surface area contributed by atoms with Crippen LogP contribution in [0.4, 0.5) is 17.1 Å². The van der Waals surface area contributed by atoms with Crippen LogP contribution in [0, 0.1) is 10.1 Å². The van der Waals surface area contributed by atoms with Crippen LogP contribution in [-0.4, -0.2) is 51.6 Å². The number of rotatable bonds is 5. The number of piperidine rings is 1. The van der Waals surface area contributed by atoms with Gasteiger partial charge in [-0.15, -0.1) is 10.3 Å². The van der Waals surface area contributed by atoms with E-state index in [0.717, 1.165) is 16.3 Å². The number of nitro groups is 1. The van der Waals surface area contributed by atoms with Gasteiger partial charge in [-0.2, -0.15) is 0 Å². The predicted octanol–water partition coefficient (Wildman–Crippen LogP) is 6.64. The number of aliphatic imine (C=N–C) groups is 1. The summed E-state index contributed by atoms with van der Waals surface area (Å²) in [6.07, 6.45) is 2.39. The average molecular weight is 586 g/mol. The van der Waals surface area contributed by atoms with Gasteiger partial charge < -0.3 is 14.4 Å². The molecule has 0 aromatic heterocycles. The van der Waals surface area contributed by atoms with Gasteiger partial charge in [0.25, 0.3) is 5.69 Å². The van der Waals surface area contributed by atoms with Gasteiger partial charge in [-0.3, -0.25) is 19.9 Å². The summed E-state index contributed by atoms with van der Waals surface area (Å²) in [5.74, 6) is -0.0433. The number of ether oxygens (including phenoxy) is 2. The lowest BCUT2D eigenvalue weighted by molar-refractivity contribution is -0.383. The maximum atomic E-state index is 13.3. The minimum Gasteiger partial charge on any atom is -0.462 e. The molecule has 225 valence electrons. The Kier molecular flexibility index (Phi) is 6.59. The minimum absolute atomic E-state index is 0.0555. The summed E-state index contributed by atoms with van der Waals surface area (Å²) in [5, 5.41) is 27.1. The van der Waals surface area contributed by atoms with Crippen molar-refractivity contribution in [1.29, 1.82) is 0 Å². The molecule has 1 saturated heterocycles. The van der Waals surface area contributed by atoms with Crippen LogP contribution in [0.1, 0.15) is 66.4 Å². The fourth-order valence-corrected chi connectivity index (χ4v) is 7.37. The summed E-state index contributed by atoms with van der Waals surface area (Å²) in [5.41, 5.74) is -0.703. The van der Waals surface area contributed by atoms with Crippen molar-refractivity contribution >= 4 is 40.0 Å². The predicted molar refractivity (Wildman–Crippen MR) is 163 cm³/mol. The SMILES string of the molecule is CC1(C)CC(OC(=O)CCN2c3ccccc3C(C)(C)C23C=Nc2c(cc([N+](=O)[O-])c4ccccc24)O3)CC(C)(C)N1[O]. The van der Waals surface area contributed by atoms with E-state index >= 15 is 0 Å². The molecule has 0 bridgehead atoms. The number of esters is 1. The topological polar surface area (TPSA) is 117 Å². The molecule has 0 aliphatic carbocycles. The third kappa shape index (κ3) is 4.46. The first-order valence-corrected chi connectivity index (χ1v) is 14.7. The molecule has 1 unspecified atom stereocenters. The molecule has 0 N–H and O–H groups in total. The summed E-state index contributed by atoms with van der Waals surface area (Å²) in [6, 6.07) is 16.5. The lowest BCUT2D eigenvalue weighted by Gasteiger charge is -2.49. The molecular formula is C33H37N4O6. The number of anilines is 1. The standard InChI is InChI=1S/C33H37N4O6/c1-30(2)18-21(19-31(3,4)37(30)41)42-28(38)15-16-35-25-14-10-9-13-24(25)32(5,6)33(35)20-34-29-23-12-8-7-11-22(23)26(36(39)40)17-27(29)43-33/h7-14,17,20-21H,15-16,18-19H2,1-6H3. The summed E-state index contributed by atoms with van der Waals surface area (Å²) < 4.78 is 12.8. The first-order valence-electron chi connectivity index (χ1n) is 14.7. The summed E-state index contributed by atoms with van der Waals surface area (Å²) >= 11 is 0.